The number of aliphatic imine (C=N–C) groups is 1. The van der Waals surface area contributed by atoms with Crippen LogP contribution in [-0.4, -0.2) is 59.8 Å². The summed E-state index contributed by atoms with van der Waals surface area (Å²) in [5.41, 5.74) is 1.78. The summed E-state index contributed by atoms with van der Waals surface area (Å²) in [6.45, 7) is 23.3. The summed E-state index contributed by atoms with van der Waals surface area (Å²) in [5.74, 6) is -0.600. The molecule has 0 saturated carbocycles. The first-order valence-corrected chi connectivity index (χ1v) is 14.3. The highest BCUT2D eigenvalue weighted by atomic mass is 32.2. The highest BCUT2D eigenvalue weighted by Gasteiger charge is 2.30. The van der Waals surface area contributed by atoms with E-state index in [2.05, 4.69) is 34.1 Å². The van der Waals surface area contributed by atoms with E-state index in [1.807, 2.05) is 72.9 Å². The molecule has 1 heterocycles. The van der Waals surface area contributed by atoms with Crippen molar-refractivity contribution in [3.05, 3.63) is 60.0 Å². The van der Waals surface area contributed by atoms with Crippen LogP contribution in [0.25, 0.3) is 0 Å². The lowest BCUT2D eigenvalue weighted by molar-refractivity contribution is -0.136. The molecule has 0 aromatic rings. The summed E-state index contributed by atoms with van der Waals surface area (Å²) in [6.07, 6.45) is 9.72. The third-order valence-electron chi connectivity index (χ3n) is 4.63. The molecule has 0 spiro atoms. The first-order chi connectivity index (χ1) is 18.2. The molecule has 0 aliphatic carbocycles. The SMILES string of the molecule is C=CC=NC(=C)CNCC(=O)N1CC(=O)NC(C)/C1=C\C(=C/CC)NC(=O)CC(C)S/C=C\C.CC.CC. The quantitative estimate of drug-likeness (QED) is 0.279. The molecule has 8 nitrogen and oxygen atoms in total. The van der Waals surface area contributed by atoms with Gasteiger partial charge in [0.15, 0.2) is 0 Å². The van der Waals surface area contributed by atoms with Crippen molar-refractivity contribution in [3.8, 4) is 0 Å². The van der Waals surface area contributed by atoms with Gasteiger partial charge in [-0.3, -0.25) is 19.4 Å². The van der Waals surface area contributed by atoms with Gasteiger partial charge in [-0.15, -0.1) is 11.8 Å². The second-order valence-electron chi connectivity index (χ2n) is 7.76. The maximum Gasteiger partial charge on any atom is 0.241 e. The molecule has 3 amide bonds. The predicted octanol–water partition coefficient (Wildman–Crippen LogP) is 5.09. The van der Waals surface area contributed by atoms with Crippen LogP contribution in [0, 0.1) is 0 Å². The molecule has 0 aromatic heterocycles. The van der Waals surface area contributed by atoms with E-state index in [0.717, 1.165) is 0 Å². The average molecular weight is 548 g/mol. The normalized spacial score (nSPS) is 17.2. The lowest BCUT2D eigenvalue weighted by atomic mass is 10.1. The summed E-state index contributed by atoms with van der Waals surface area (Å²) >= 11 is 1.60. The Kier molecular flexibility index (Phi) is 22.8. The van der Waals surface area contributed by atoms with Gasteiger partial charge in [-0.25, -0.2) is 0 Å². The van der Waals surface area contributed by atoms with Gasteiger partial charge < -0.3 is 20.9 Å². The number of thioether (sulfide) groups is 1. The van der Waals surface area contributed by atoms with Crippen molar-refractivity contribution in [2.24, 2.45) is 4.99 Å². The van der Waals surface area contributed by atoms with Gasteiger partial charge in [0.25, 0.3) is 0 Å². The van der Waals surface area contributed by atoms with Gasteiger partial charge in [-0.05, 0) is 31.8 Å². The van der Waals surface area contributed by atoms with Gasteiger partial charge >= 0.3 is 0 Å². The summed E-state index contributed by atoms with van der Waals surface area (Å²) < 4.78 is 0. The molecule has 0 radical (unpaired) electrons. The van der Waals surface area contributed by atoms with Crippen molar-refractivity contribution in [2.75, 3.05) is 19.6 Å². The minimum atomic E-state index is -0.390. The van der Waals surface area contributed by atoms with E-state index in [1.165, 1.54) is 11.1 Å². The molecular formula is C29H49N5O3S. The van der Waals surface area contributed by atoms with Crippen molar-refractivity contribution in [1.29, 1.82) is 0 Å². The number of carbonyl (C=O) groups is 3. The molecule has 1 aliphatic heterocycles. The van der Waals surface area contributed by atoms with Crippen LogP contribution in [0.3, 0.4) is 0 Å². The number of piperazine rings is 1. The minimum absolute atomic E-state index is 0.0127. The van der Waals surface area contributed by atoms with Gasteiger partial charge in [0.2, 0.25) is 17.7 Å². The van der Waals surface area contributed by atoms with Crippen LogP contribution in [0.4, 0.5) is 0 Å². The lowest BCUT2D eigenvalue weighted by Gasteiger charge is -2.34. The van der Waals surface area contributed by atoms with Crippen molar-refractivity contribution < 1.29 is 14.4 Å². The molecular weight excluding hydrogens is 498 g/mol. The first kappa shape index (κ1) is 37.2. The average Bonchev–Trinajstić information content (AvgIpc) is 2.89. The molecule has 214 valence electrons. The Morgan fingerprint density at radius 1 is 1.26 bits per heavy atom. The fourth-order valence-electron chi connectivity index (χ4n) is 3.14. The van der Waals surface area contributed by atoms with E-state index >= 15 is 0 Å². The van der Waals surface area contributed by atoms with Gasteiger partial charge in [-0.2, -0.15) is 0 Å². The molecule has 1 aliphatic rings. The largest absolute Gasteiger partial charge is 0.347 e. The van der Waals surface area contributed by atoms with E-state index in [0.29, 0.717) is 36.5 Å². The number of carbonyl (C=O) groups excluding carboxylic acids is 3. The summed E-state index contributed by atoms with van der Waals surface area (Å²) in [6, 6.07) is -0.390. The van der Waals surface area contributed by atoms with Crippen molar-refractivity contribution in [3.63, 3.8) is 0 Å². The zero-order valence-corrected chi connectivity index (χ0v) is 25.4. The number of hydrogen-bond acceptors (Lipinski definition) is 6. The number of rotatable bonds is 13. The van der Waals surface area contributed by atoms with Crippen LogP contribution in [0.5, 0.6) is 0 Å². The second kappa shape index (κ2) is 23.2. The smallest absolute Gasteiger partial charge is 0.241 e. The fraction of sp³-hybridized carbons (Fsp3) is 0.517. The van der Waals surface area contributed by atoms with Crippen LogP contribution >= 0.6 is 11.8 Å². The summed E-state index contributed by atoms with van der Waals surface area (Å²) in [4.78, 5) is 43.2. The van der Waals surface area contributed by atoms with Gasteiger partial charge in [0.05, 0.1) is 12.6 Å². The Bertz CT molecular complexity index is 877. The second-order valence-corrected chi connectivity index (χ2v) is 9.11. The van der Waals surface area contributed by atoms with Gasteiger partial charge in [-0.1, -0.05) is 72.9 Å². The van der Waals surface area contributed by atoms with Crippen LogP contribution in [-0.2, 0) is 14.4 Å². The molecule has 2 atom stereocenters. The van der Waals surface area contributed by atoms with E-state index in [1.54, 1.807) is 23.9 Å². The third kappa shape index (κ3) is 16.0. The Morgan fingerprint density at radius 2 is 1.92 bits per heavy atom. The van der Waals surface area contributed by atoms with Crippen LogP contribution in [0.2, 0.25) is 0 Å². The highest BCUT2D eigenvalue weighted by Crippen LogP contribution is 2.18. The number of allylic oxidation sites excluding steroid dienone is 4. The molecule has 1 rings (SSSR count). The topological polar surface area (TPSA) is 103 Å². The Morgan fingerprint density at radius 3 is 2.50 bits per heavy atom. The monoisotopic (exact) mass is 547 g/mol. The van der Waals surface area contributed by atoms with Gasteiger partial charge in [0.1, 0.15) is 6.54 Å². The fourth-order valence-corrected chi connectivity index (χ4v) is 3.81. The summed E-state index contributed by atoms with van der Waals surface area (Å²) in [5, 5.41) is 10.9. The number of nitrogens with zero attached hydrogens (tertiary/aromatic N) is 2. The maximum atomic E-state index is 12.9. The Hall–Kier alpha value is -2.91. The summed E-state index contributed by atoms with van der Waals surface area (Å²) in [7, 11) is 0. The Labute approximate surface area is 234 Å². The molecule has 0 bridgehead atoms. The molecule has 3 N–H and O–H groups in total. The van der Waals surface area contributed by atoms with Crippen LogP contribution in [0.15, 0.2) is 65.0 Å². The van der Waals surface area contributed by atoms with Gasteiger partial charge in [0, 0.05) is 41.5 Å². The van der Waals surface area contributed by atoms with Crippen molar-refractivity contribution in [2.45, 2.75) is 79.5 Å². The molecule has 1 fully saturated rings. The van der Waals surface area contributed by atoms with E-state index in [-0.39, 0.29) is 36.1 Å². The number of hydrogen-bond donors (Lipinski definition) is 3. The van der Waals surface area contributed by atoms with E-state index < -0.39 is 6.04 Å². The minimum Gasteiger partial charge on any atom is -0.347 e. The van der Waals surface area contributed by atoms with Crippen molar-refractivity contribution in [1.82, 2.24) is 20.9 Å². The molecule has 2 unspecified atom stereocenters. The first-order valence-electron chi connectivity index (χ1n) is 13.3. The molecule has 38 heavy (non-hydrogen) atoms. The number of amides is 3. The zero-order valence-electron chi connectivity index (χ0n) is 24.6. The molecule has 1 saturated heterocycles. The van der Waals surface area contributed by atoms with E-state index in [9.17, 15) is 14.4 Å². The molecule has 0 aromatic carbocycles. The number of nitrogens with one attached hydrogen (secondary N) is 3. The maximum absolute atomic E-state index is 12.9. The lowest BCUT2D eigenvalue weighted by Crippen LogP contribution is -2.54. The highest BCUT2D eigenvalue weighted by molar-refractivity contribution is 8.02. The molecule has 9 heteroatoms. The van der Waals surface area contributed by atoms with Crippen LogP contribution < -0.4 is 16.0 Å². The van der Waals surface area contributed by atoms with Crippen LogP contribution in [0.1, 0.15) is 68.2 Å². The zero-order chi connectivity index (χ0) is 29.5. The standard InChI is InChI=1S/C25H37N5O3S.2C2H6/c1-7-10-21(29-23(31)13-19(5)34-12-9-3)14-22-20(6)28-24(32)17-30(22)25(33)16-26-15-18(4)27-11-8-2;2*1-2/h8-12,14,19-20,26H,2,4,7,13,15-17H2,1,3,5-6H3,(H,28,32)(H,29,31);2*1-2H3/b12-9-,21-10+,22-14+,27-11?;;. The van der Waals surface area contributed by atoms with E-state index in [4.69, 9.17) is 0 Å². The Balaban J connectivity index is 0. The predicted molar refractivity (Wildman–Crippen MR) is 164 cm³/mol. The van der Waals surface area contributed by atoms with Crippen molar-refractivity contribution >= 4 is 35.7 Å². The third-order valence-corrected chi connectivity index (χ3v) is 5.69.